The molecule has 0 heterocycles. The van der Waals surface area contributed by atoms with Crippen molar-refractivity contribution in [2.45, 2.75) is 258 Å². The Balaban J connectivity index is 4.51. The molecule has 0 aromatic carbocycles. The number of unbranched alkanes of at least 4 members (excludes halogenated alkanes) is 19. The number of carbonyl (C=O) groups excluding carboxylic acids is 3. The lowest BCUT2D eigenvalue weighted by Crippen LogP contribution is -2.30. The summed E-state index contributed by atoms with van der Waals surface area (Å²) in [4.78, 5) is 38.2. The van der Waals surface area contributed by atoms with E-state index in [1.54, 1.807) is 6.08 Å². The highest BCUT2D eigenvalue weighted by molar-refractivity contribution is 5.72. The lowest BCUT2D eigenvalue weighted by molar-refractivity contribution is -0.166. The van der Waals surface area contributed by atoms with Crippen molar-refractivity contribution >= 4 is 17.9 Å². The first-order valence-electron chi connectivity index (χ1n) is 30.3. The number of rotatable bonds is 53. The highest BCUT2D eigenvalue weighted by Crippen LogP contribution is 2.14. The molecule has 1 unspecified atom stereocenters. The van der Waals surface area contributed by atoms with Crippen LogP contribution in [0.4, 0.5) is 0 Å². The van der Waals surface area contributed by atoms with E-state index < -0.39 is 12.1 Å². The smallest absolute Gasteiger partial charge is 0.309 e. The van der Waals surface area contributed by atoms with Crippen molar-refractivity contribution in [1.29, 1.82) is 0 Å². The number of esters is 3. The standard InChI is InChI=1S/C69H110O6/c1-4-7-10-13-16-19-22-25-28-30-32-33-34-35-37-38-41-44-47-50-53-56-59-62-68(71)74-65-66(64-73-67(70)61-58-55-52-49-46-43-40-27-24-21-18-15-12-9-6-3)75-69(72)63-60-57-54-51-48-45-42-39-36-31-29-26-23-20-17-14-11-8-5-2/h8-9,11-12,17-18,20-22,25-27,29-30,32,34-36,39-40,46,49,55,58,66H,4-7,10,13-16,19,23-24,28,31,33,37-38,41-45,47-48,50-54,56-57,59-65H2,1-3H3/b11-8-,12-9-,20-17-,21-18-,25-22-,29-26-,32-30-,35-34-,39-36-,40-27-,49-46-,58-55-. The molecule has 0 N–H and O–H groups in total. The summed E-state index contributed by atoms with van der Waals surface area (Å²) in [6, 6.07) is 0. The van der Waals surface area contributed by atoms with Crippen LogP contribution in [0.1, 0.15) is 252 Å². The van der Waals surface area contributed by atoms with Gasteiger partial charge in [-0.2, -0.15) is 0 Å². The van der Waals surface area contributed by atoms with Crippen LogP contribution in [-0.4, -0.2) is 37.2 Å². The molecule has 0 saturated carbocycles. The number of hydrogen-bond acceptors (Lipinski definition) is 6. The molecule has 6 nitrogen and oxygen atoms in total. The van der Waals surface area contributed by atoms with Crippen LogP contribution in [0, 0.1) is 0 Å². The Hall–Kier alpha value is -4.71. The molecule has 0 aliphatic rings. The molecule has 0 amide bonds. The van der Waals surface area contributed by atoms with Crippen LogP contribution in [0.2, 0.25) is 0 Å². The van der Waals surface area contributed by atoms with E-state index in [0.29, 0.717) is 6.42 Å². The molecule has 0 bridgehead atoms. The molecule has 0 aromatic rings. The molecule has 0 aromatic heterocycles. The zero-order valence-corrected chi connectivity index (χ0v) is 48.3. The van der Waals surface area contributed by atoms with Crippen molar-refractivity contribution in [3.63, 3.8) is 0 Å². The van der Waals surface area contributed by atoms with Crippen molar-refractivity contribution in [3.05, 3.63) is 146 Å². The van der Waals surface area contributed by atoms with Gasteiger partial charge in [0.25, 0.3) is 0 Å². The third-order valence-corrected chi connectivity index (χ3v) is 12.3. The molecule has 0 saturated heterocycles. The van der Waals surface area contributed by atoms with Crippen molar-refractivity contribution in [2.75, 3.05) is 13.2 Å². The Bertz CT molecular complexity index is 1660. The van der Waals surface area contributed by atoms with Gasteiger partial charge in [-0.25, -0.2) is 0 Å². The molecular formula is C69H110O6. The molecule has 1 atom stereocenters. The Morgan fingerprint density at radius 2 is 0.573 bits per heavy atom. The summed E-state index contributed by atoms with van der Waals surface area (Å²) in [5.74, 6) is -1.08. The van der Waals surface area contributed by atoms with Gasteiger partial charge in [-0.3, -0.25) is 14.4 Å². The van der Waals surface area contributed by atoms with Crippen molar-refractivity contribution in [2.24, 2.45) is 0 Å². The van der Waals surface area contributed by atoms with E-state index in [9.17, 15) is 14.4 Å². The van der Waals surface area contributed by atoms with E-state index in [2.05, 4.69) is 154 Å². The first kappa shape index (κ1) is 70.3. The van der Waals surface area contributed by atoms with Gasteiger partial charge in [-0.15, -0.1) is 0 Å². The fraction of sp³-hybridized carbons (Fsp3) is 0.609. The maximum Gasteiger partial charge on any atom is 0.309 e. The average molecular weight is 1040 g/mol. The molecule has 0 rings (SSSR count). The minimum atomic E-state index is -0.837. The number of carbonyl (C=O) groups is 3. The molecule has 6 heteroatoms. The highest BCUT2D eigenvalue weighted by Gasteiger charge is 2.19. The second-order valence-corrected chi connectivity index (χ2v) is 19.5. The summed E-state index contributed by atoms with van der Waals surface area (Å²) in [6.07, 6.45) is 88.7. The Kier molecular flexibility index (Phi) is 58.0. The van der Waals surface area contributed by atoms with E-state index in [1.165, 1.54) is 83.5 Å². The van der Waals surface area contributed by atoms with Crippen LogP contribution in [0.25, 0.3) is 0 Å². The minimum absolute atomic E-state index is 0.116. The average Bonchev–Trinajstić information content (AvgIpc) is 3.41. The zero-order chi connectivity index (χ0) is 54.3. The predicted molar refractivity (Wildman–Crippen MR) is 325 cm³/mol. The summed E-state index contributed by atoms with van der Waals surface area (Å²) < 4.78 is 16.8. The maximum atomic E-state index is 12.9. The lowest BCUT2D eigenvalue weighted by Gasteiger charge is -2.18. The molecule has 0 spiro atoms. The van der Waals surface area contributed by atoms with Crippen LogP contribution < -0.4 is 0 Å². The molecule has 0 fully saturated rings. The first-order valence-corrected chi connectivity index (χ1v) is 30.3. The van der Waals surface area contributed by atoms with E-state index in [0.717, 1.165) is 128 Å². The number of hydrogen-bond donors (Lipinski definition) is 0. The summed E-state index contributed by atoms with van der Waals surface area (Å²) in [5, 5.41) is 0. The monoisotopic (exact) mass is 1030 g/mol. The second kappa shape index (κ2) is 61.8. The van der Waals surface area contributed by atoms with Gasteiger partial charge in [-0.05, 0) is 122 Å². The molecule has 75 heavy (non-hydrogen) atoms. The molecular weight excluding hydrogens is 925 g/mol. The SMILES string of the molecule is CC/C=C\C/C=C\C/C=C\C/C=C\C/C=C\CC(=O)OCC(COC(=O)CCCCCCCCCC/C=C\C/C=C\C/C=C\CCCCCCC)OC(=O)CCCCCCCC/C=C\C/C=C\C/C=C\C/C=C\CC. The fourth-order valence-electron chi connectivity index (χ4n) is 7.87. The third-order valence-electron chi connectivity index (χ3n) is 12.3. The topological polar surface area (TPSA) is 78.9 Å². The van der Waals surface area contributed by atoms with Gasteiger partial charge in [0.2, 0.25) is 0 Å². The first-order chi connectivity index (χ1) is 37.0. The van der Waals surface area contributed by atoms with Crippen molar-refractivity contribution < 1.29 is 28.6 Å². The predicted octanol–water partition coefficient (Wildman–Crippen LogP) is 20.8. The molecule has 422 valence electrons. The minimum Gasteiger partial charge on any atom is -0.462 e. The lowest BCUT2D eigenvalue weighted by atomic mass is 10.1. The van der Waals surface area contributed by atoms with Gasteiger partial charge >= 0.3 is 17.9 Å². The largest absolute Gasteiger partial charge is 0.462 e. The molecule has 0 aliphatic carbocycles. The van der Waals surface area contributed by atoms with Crippen LogP contribution in [0.3, 0.4) is 0 Å². The fourth-order valence-corrected chi connectivity index (χ4v) is 7.87. The second-order valence-electron chi connectivity index (χ2n) is 19.5. The third kappa shape index (κ3) is 60.0. The van der Waals surface area contributed by atoms with Gasteiger partial charge in [0.05, 0.1) is 6.42 Å². The van der Waals surface area contributed by atoms with Gasteiger partial charge in [0.1, 0.15) is 13.2 Å². The molecule has 0 radical (unpaired) electrons. The van der Waals surface area contributed by atoms with Gasteiger partial charge in [-0.1, -0.05) is 256 Å². The Morgan fingerprint density at radius 1 is 0.293 bits per heavy atom. The quantitative estimate of drug-likeness (QED) is 0.0261. The molecule has 0 aliphatic heterocycles. The Labute approximate surface area is 461 Å². The zero-order valence-electron chi connectivity index (χ0n) is 48.3. The van der Waals surface area contributed by atoms with E-state index >= 15 is 0 Å². The summed E-state index contributed by atoms with van der Waals surface area (Å²) >= 11 is 0. The van der Waals surface area contributed by atoms with Crippen LogP contribution in [0.15, 0.2) is 146 Å². The van der Waals surface area contributed by atoms with E-state index in [4.69, 9.17) is 14.2 Å². The summed E-state index contributed by atoms with van der Waals surface area (Å²) in [5.41, 5.74) is 0. The Morgan fingerprint density at radius 3 is 0.933 bits per heavy atom. The maximum absolute atomic E-state index is 12.9. The van der Waals surface area contributed by atoms with Crippen molar-refractivity contribution in [3.8, 4) is 0 Å². The number of allylic oxidation sites excluding steroid dienone is 23. The highest BCUT2D eigenvalue weighted by atomic mass is 16.6. The number of ether oxygens (including phenoxy) is 3. The summed E-state index contributed by atoms with van der Waals surface area (Å²) in [6.45, 7) is 6.29. The van der Waals surface area contributed by atoms with Gasteiger partial charge in [0.15, 0.2) is 6.10 Å². The van der Waals surface area contributed by atoms with Crippen LogP contribution in [0.5, 0.6) is 0 Å². The van der Waals surface area contributed by atoms with E-state index in [1.807, 2.05) is 6.08 Å². The van der Waals surface area contributed by atoms with Gasteiger partial charge in [0, 0.05) is 12.8 Å². The normalized spacial score (nSPS) is 13.2. The van der Waals surface area contributed by atoms with E-state index in [-0.39, 0.29) is 38.0 Å². The summed E-state index contributed by atoms with van der Waals surface area (Å²) in [7, 11) is 0. The van der Waals surface area contributed by atoms with Gasteiger partial charge < -0.3 is 14.2 Å². The van der Waals surface area contributed by atoms with Crippen LogP contribution in [-0.2, 0) is 28.6 Å². The van der Waals surface area contributed by atoms with Crippen molar-refractivity contribution in [1.82, 2.24) is 0 Å². The van der Waals surface area contributed by atoms with Crippen LogP contribution >= 0.6 is 0 Å².